The minimum atomic E-state index is -0.337. The first-order valence-electron chi connectivity index (χ1n) is 8.34. The molecule has 0 aromatic carbocycles. The van der Waals surface area contributed by atoms with Gasteiger partial charge in [0, 0.05) is 6.04 Å². The predicted octanol–water partition coefficient (Wildman–Crippen LogP) is 2.72. The van der Waals surface area contributed by atoms with Crippen LogP contribution in [0.2, 0.25) is 0 Å². The van der Waals surface area contributed by atoms with Gasteiger partial charge in [-0.25, -0.2) is 0 Å². The van der Waals surface area contributed by atoms with E-state index < -0.39 is 0 Å². The molecule has 4 nitrogen and oxygen atoms in total. The zero-order valence-electron chi connectivity index (χ0n) is 14.1. The monoisotopic (exact) mass is 294 g/mol. The second-order valence-electron chi connectivity index (χ2n) is 8.14. The molecule has 21 heavy (non-hydrogen) atoms. The van der Waals surface area contributed by atoms with E-state index in [9.17, 15) is 9.59 Å². The van der Waals surface area contributed by atoms with Gasteiger partial charge in [-0.3, -0.25) is 9.59 Å². The molecular formula is C17H30N2O2. The van der Waals surface area contributed by atoms with Gasteiger partial charge < -0.3 is 10.2 Å². The number of piperazine rings is 1. The number of rotatable bonds is 3. The molecule has 1 heterocycles. The molecule has 0 radical (unpaired) electrons. The molecule has 1 aliphatic heterocycles. The van der Waals surface area contributed by atoms with E-state index >= 15 is 0 Å². The van der Waals surface area contributed by atoms with Crippen molar-refractivity contribution in [2.45, 2.75) is 84.8 Å². The lowest BCUT2D eigenvalue weighted by atomic mass is 9.81. The van der Waals surface area contributed by atoms with Crippen molar-refractivity contribution < 1.29 is 9.59 Å². The Hall–Kier alpha value is -1.06. The molecule has 1 saturated heterocycles. The third-order valence-corrected chi connectivity index (χ3v) is 4.64. The Balaban J connectivity index is 2.30. The summed E-state index contributed by atoms with van der Waals surface area (Å²) >= 11 is 0. The lowest BCUT2D eigenvalue weighted by Gasteiger charge is -2.47. The van der Waals surface area contributed by atoms with Crippen LogP contribution < -0.4 is 5.32 Å². The van der Waals surface area contributed by atoms with Crippen LogP contribution >= 0.6 is 0 Å². The summed E-state index contributed by atoms with van der Waals surface area (Å²) in [6.45, 7) is 10.3. The standard InChI is InChI=1S/C17H30N2O2/c1-11(2)10-13-16(21)19(12-8-6-7-9-12)14(15(20)18-13)17(3,4)5/h11-14H,6-10H2,1-5H3,(H,18,20). The van der Waals surface area contributed by atoms with Gasteiger partial charge in [0.2, 0.25) is 11.8 Å². The van der Waals surface area contributed by atoms with Crippen molar-refractivity contribution >= 4 is 11.8 Å². The maximum absolute atomic E-state index is 13.0. The van der Waals surface area contributed by atoms with Crippen LogP contribution in [0.4, 0.5) is 0 Å². The average Bonchev–Trinajstić information content (AvgIpc) is 2.84. The molecule has 0 bridgehead atoms. The molecule has 2 unspecified atom stereocenters. The van der Waals surface area contributed by atoms with Gasteiger partial charge in [-0.2, -0.15) is 0 Å². The summed E-state index contributed by atoms with van der Waals surface area (Å²) in [6.07, 6.45) is 5.15. The lowest BCUT2D eigenvalue weighted by molar-refractivity contribution is -0.157. The summed E-state index contributed by atoms with van der Waals surface area (Å²) in [5, 5.41) is 2.98. The normalized spacial score (nSPS) is 28.4. The molecule has 0 aromatic rings. The molecule has 1 aliphatic carbocycles. The summed E-state index contributed by atoms with van der Waals surface area (Å²) in [5.74, 6) is 0.561. The molecule has 0 spiro atoms. The van der Waals surface area contributed by atoms with Crippen LogP contribution in [0.5, 0.6) is 0 Å². The van der Waals surface area contributed by atoms with Crippen molar-refractivity contribution in [2.24, 2.45) is 11.3 Å². The SMILES string of the molecule is CC(C)CC1NC(=O)C(C(C)(C)C)N(C2CCCC2)C1=O. The van der Waals surface area contributed by atoms with E-state index in [0.29, 0.717) is 5.92 Å². The van der Waals surface area contributed by atoms with Crippen molar-refractivity contribution in [3.05, 3.63) is 0 Å². The summed E-state index contributed by atoms with van der Waals surface area (Å²) in [5.41, 5.74) is -0.231. The molecule has 2 atom stereocenters. The van der Waals surface area contributed by atoms with Gasteiger partial charge in [-0.15, -0.1) is 0 Å². The van der Waals surface area contributed by atoms with Crippen LogP contribution in [0.25, 0.3) is 0 Å². The smallest absolute Gasteiger partial charge is 0.246 e. The van der Waals surface area contributed by atoms with Crippen LogP contribution in [-0.2, 0) is 9.59 Å². The van der Waals surface area contributed by atoms with Crippen LogP contribution in [0, 0.1) is 11.3 Å². The number of carbonyl (C=O) groups is 2. The van der Waals surface area contributed by atoms with Crippen LogP contribution in [-0.4, -0.2) is 34.8 Å². The van der Waals surface area contributed by atoms with E-state index in [0.717, 1.165) is 19.3 Å². The number of amides is 2. The van der Waals surface area contributed by atoms with E-state index in [-0.39, 0.29) is 35.4 Å². The first-order chi connectivity index (χ1) is 9.71. The summed E-state index contributed by atoms with van der Waals surface area (Å²) in [6, 6.07) is -0.421. The van der Waals surface area contributed by atoms with Gasteiger partial charge >= 0.3 is 0 Å². The Morgan fingerprint density at radius 2 is 1.76 bits per heavy atom. The molecule has 2 aliphatic rings. The van der Waals surface area contributed by atoms with Crippen molar-refractivity contribution in [3.63, 3.8) is 0 Å². The quantitative estimate of drug-likeness (QED) is 0.870. The second-order valence-corrected chi connectivity index (χ2v) is 8.14. The van der Waals surface area contributed by atoms with E-state index in [1.165, 1.54) is 12.8 Å². The molecule has 2 amide bonds. The number of hydrogen-bond donors (Lipinski definition) is 1. The average molecular weight is 294 g/mol. The third-order valence-electron chi connectivity index (χ3n) is 4.64. The van der Waals surface area contributed by atoms with E-state index in [1.54, 1.807) is 0 Å². The molecule has 2 rings (SSSR count). The van der Waals surface area contributed by atoms with Crippen molar-refractivity contribution in [2.75, 3.05) is 0 Å². The van der Waals surface area contributed by atoms with E-state index in [1.807, 2.05) is 4.90 Å². The minimum absolute atomic E-state index is 0.0275. The van der Waals surface area contributed by atoms with E-state index in [2.05, 4.69) is 39.9 Å². The fourth-order valence-electron chi connectivity index (χ4n) is 3.76. The molecule has 0 aromatic heterocycles. The summed E-state index contributed by atoms with van der Waals surface area (Å²) < 4.78 is 0. The third kappa shape index (κ3) is 3.41. The molecule has 4 heteroatoms. The van der Waals surface area contributed by atoms with Crippen LogP contribution in [0.3, 0.4) is 0 Å². The molecule has 1 saturated carbocycles. The molecular weight excluding hydrogens is 264 g/mol. The Kier molecular flexibility index (Phi) is 4.64. The summed E-state index contributed by atoms with van der Waals surface area (Å²) in [4.78, 5) is 27.5. The number of carbonyl (C=O) groups excluding carboxylic acids is 2. The zero-order chi connectivity index (χ0) is 15.8. The lowest BCUT2D eigenvalue weighted by Crippen LogP contribution is -2.68. The Morgan fingerprint density at radius 1 is 1.19 bits per heavy atom. The topological polar surface area (TPSA) is 49.4 Å². The van der Waals surface area contributed by atoms with Crippen molar-refractivity contribution in [1.82, 2.24) is 10.2 Å². The first-order valence-corrected chi connectivity index (χ1v) is 8.34. The highest BCUT2D eigenvalue weighted by molar-refractivity contribution is 5.97. The predicted molar refractivity (Wildman–Crippen MR) is 83.7 cm³/mol. The molecule has 2 fully saturated rings. The number of nitrogens with one attached hydrogen (secondary N) is 1. The van der Waals surface area contributed by atoms with Gasteiger partial charge in [0.15, 0.2) is 0 Å². The molecule has 1 N–H and O–H groups in total. The molecule has 120 valence electrons. The first kappa shape index (κ1) is 16.3. The Morgan fingerprint density at radius 3 is 2.24 bits per heavy atom. The maximum atomic E-state index is 13.0. The second kappa shape index (κ2) is 5.98. The zero-order valence-corrected chi connectivity index (χ0v) is 14.1. The highest BCUT2D eigenvalue weighted by Crippen LogP contribution is 2.35. The van der Waals surface area contributed by atoms with Crippen LogP contribution in [0.1, 0.15) is 66.7 Å². The van der Waals surface area contributed by atoms with E-state index in [4.69, 9.17) is 0 Å². The minimum Gasteiger partial charge on any atom is -0.342 e. The van der Waals surface area contributed by atoms with Crippen molar-refractivity contribution in [3.8, 4) is 0 Å². The fraction of sp³-hybridized carbons (Fsp3) is 0.882. The number of hydrogen-bond acceptors (Lipinski definition) is 2. The number of nitrogens with zero attached hydrogens (tertiary/aromatic N) is 1. The highest BCUT2D eigenvalue weighted by atomic mass is 16.2. The fourth-order valence-corrected chi connectivity index (χ4v) is 3.76. The van der Waals surface area contributed by atoms with Gasteiger partial charge in [0.25, 0.3) is 0 Å². The van der Waals surface area contributed by atoms with Crippen molar-refractivity contribution in [1.29, 1.82) is 0 Å². The van der Waals surface area contributed by atoms with Gasteiger partial charge in [-0.05, 0) is 30.6 Å². The largest absolute Gasteiger partial charge is 0.342 e. The van der Waals surface area contributed by atoms with Gasteiger partial charge in [0.05, 0.1) is 0 Å². The van der Waals surface area contributed by atoms with Crippen LogP contribution in [0.15, 0.2) is 0 Å². The maximum Gasteiger partial charge on any atom is 0.246 e. The Labute approximate surface area is 128 Å². The van der Waals surface area contributed by atoms with Gasteiger partial charge in [-0.1, -0.05) is 47.5 Å². The summed E-state index contributed by atoms with van der Waals surface area (Å²) in [7, 11) is 0. The van der Waals surface area contributed by atoms with Gasteiger partial charge in [0.1, 0.15) is 12.1 Å². The highest BCUT2D eigenvalue weighted by Gasteiger charge is 2.48. The Bertz CT molecular complexity index is 406.